The van der Waals surface area contributed by atoms with Crippen LogP contribution in [0.3, 0.4) is 0 Å². The SMILES string of the molecule is COc1ccc(S(=O)(=O)N2CCC(C(=O)Nc3cccc(C#N)c3)CC2)cc1Cl. The summed E-state index contributed by atoms with van der Waals surface area (Å²) >= 11 is 6.06. The average molecular weight is 434 g/mol. The number of nitrogens with one attached hydrogen (secondary N) is 1. The molecule has 1 saturated heterocycles. The fraction of sp³-hybridized carbons (Fsp3) is 0.300. The largest absolute Gasteiger partial charge is 0.495 e. The van der Waals surface area contributed by atoms with Crippen LogP contribution in [-0.4, -0.2) is 38.8 Å². The number of halogens is 1. The zero-order chi connectivity index (χ0) is 21.0. The van der Waals surface area contributed by atoms with Gasteiger partial charge in [0.15, 0.2) is 0 Å². The van der Waals surface area contributed by atoms with Crippen molar-refractivity contribution in [2.45, 2.75) is 17.7 Å². The number of carbonyl (C=O) groups excluding carboxylic acids is 1. The van der Waals surface area contributed by atoms with E-state index in [-0.39, 0.29) is 34.8 Å². The summed E-state index contributed by atoms with van der Waals surface area (Å²) in [5.74, 6) is -0.0715. The van der Waals surface area contributed by atoms with Crippen LogP contribution in [0.2, 0.25) is 5.02 Å². The standard InChI is InChI=1S/C20H20ClN3O4S/c1-28-19-6-5-17(12-18(19)21)29(26,27)24-9-7-15(8-10-24)20(25)23-16-4-2-3-14(11-16)13-22/h2-6,11-12,15H,7-10H2,1H3,(H,23,25). The third-order valence-corrected chi connectivity index (χ3v) is 7.03. The molecule has 152 valence electrons. The highest BCUT2D eigenvalue weighted by atomic mass is 35.5. The molecular formula is C20H20ClN3O4S. The lowest BCUT2D eigenvalue weighted by Crippen LogP contribution is -2.41. The number of benzene rings is 2. The summed E-state index contributed by atoms with van der Waals surface area (Å²) in [6, 6.07) is 13.0. The second-order valence-corrected chi connectivity index (χ2v) is 9.00. The fourth-order valence-electron chi connectivity index (χ4n) is 3.23. The Labute approximate surface area is 174 Å². The van der Waals surface area contributed by atoms with Crippen LogP contribution in [0.5, 0.6) is 5.75 Å². The Bertz CT molecular complexity index is 1060. The maximum Gasteiger partial charge on any atom is 0.243 e. The summed E-state index contributed by atoms with van der Waals surface area (Å²) in [6.07, 6.45) is 0.819. The summed E-state index contributed by atoms with van der Waals surface area (Å²) in [7, 11) is -2.24. The van der Waals surface area contributed by atoms with Crippen LogP contribution in [0.25, 0.3) is 0 Å². The number of sulfonamides is 1. The van der Waals surface area contributed by atoms with Gasteiger partial charge in [-0.2, -0.15) is 9.57 Å². The van der Waals surface area contributed by atoms with Crippen LogP contribution in [0.4, 0.5) is 5.69 Å². The molecule has 1 amide bonds. The molecule has 2 aromatic carbocycles. The Morgan fingerprint density at radius 1 is 1.24 bits per heavy atom. The van der Waals surface area contributed by atoms with Crippen molar-refractivity contribution < 1.29 is 17.9 Å². The maximum atomic E-state index is 12.9. The predicted molar refractivity (Wildman–Crippen MR) is 109 cm³/mol. The lowest BCUT2D eigenvalue weighted by atomic mass is 9.97. The van der Waals surface area contributed by atoms with Crippen molar-refractivity contribution in [2.75, 3.05) is 25.5 Å². The molecule has 3 rings (SSSR count). The highest BCUT2D eigenvalue weighted by Crippen LogP contribution is 2.30. The number of anilines is 1. The van der Waals surface area contributed by atoms with E-state index < -0.39 is 10.0 Å². The van der Waals surface area contributed by atoms with Gasteiger partial charge in [-0.15, -0.1) is 0 Å². The van der Waals surface area contributed by atoms with Gasteiger partial charge in [0.25, 0.3) is 0 Å². The van der Waals surface area contributed by atoms with Crippen molar-refractivity contribution in [1.29, 1.82) is 5.26 Å². The van der Waals surface area contributed by atoms with Gasteiger partial charge >= 0.3 is 0 Å². The zero-order valence-electron chi connectivity index (χ0n) is 15.8. The Hall–Kier alpha value is -2.60. The van der Waals surface area contributed by atoms with Crippen molar-refractivity contribution in [2.24, 2.45) is 5.92 Å². The fourth-order valence-corrected chi connectivity index (χ4v) is 5.04. The van der Waals surface area contributed by atoms with Gasteiger partial charge in [0.1, 0.15) is 5.75 Å². The average Bonchev–Trinajstić information content (AvgIpc) is 2.73. The molecule has 1 heterocycles. The molecule has 0 bridgehead atoms. The van der Waals surface area contributed by atoms with Gasteiger partial charge in [0.2, 0.25) is 15.9 Å². The second kappa shape index (κ2) is 8.82. The molecule has 7 nitrogen and oxygen atoms in total. The Morgan fingerprint density at radius 3 is 2.59 bits per heavy atom. The minimum absolute atomic E-state index is 0.0968. The van der Waals surface area contributed by atoms with Gasteiger partial charge in [-0.3, -0.25) is 4.79 Å². The quantitative estimate of drug-likeness (QED) is 0.780. The number of piperidine rings is 1. The van der Waals surface area contributed by atoms with Crippen LogP contribution >= 0.6 is 11.6 Å². The monoisotopic (exact) mass is 433 g/mol. The van der Waals surface area contributed by atoms with Gasteiger partial charge in [0.05, 0.1) is 28.7 Å². The normalized spacial score (nSPS) is 15.5. The molecular weight excluding hydrogens is 414 g/mol. The molecule has 0 saturated carbocycles. The number of carbonyl (C=O) groups is 1. The summed E-state index contributed by atoms with van der Waals surface area (Å²) < 4.78 is 32.2. The summed E-state index contributed by atoms with van der Waals surface area (Å²) in [4.78, 5) is 12.6. The molecule has 1 N–H and O–H groups in total. The third-order valence-electron chi connectivity index (χ3n) is 4.84. The number of hydrogen-bond acceptors (Lipinski definition) is 5. The van der Waals surface area contributed by atoms with Crippen molar-refractivity contribution in [3.8, 4) is 11.8 Å². The molecule has 1 aliphatic rings. The lowest BCUT2D eigenvalue weighted by Gasteiger charge is -2.30. The minimum Gasteiger partial charge on any atom is -0.495 e. The first-order valence-electron chi connectivity index (χ1n) is 9.00. The molecule has 0 radical (unpaired) electrons. The number of methoxy groups -OCH3 is 1. The summed E-state index contributed by atoms with van der Waals surface area (Å²) in [5, 5.41) is 12.0. The number of ether oxygens (including phenoxy) is 1. The number of nitrogens with zero attached hydrogens (tertiary/aromatic N) is 2. The molecule has 29 heavy (non-hydrogen) atoms. The van der Waals surface area contributed by atoms with Gasteiger partial charge in [-0.25, -0.2) is 8.42 Å². The van der Waals surface area contributed by atoms with E-state index in [9.17, 15) is 13.2 Å². The predicted octanol–water partition coefficient (Wildman–Crippen LogP) is 3.26. The minimum atomic E-state index is -3.70. The molecule has 0 aromatic heterocycles. The Morgan fingerprint density at radius 2 is 1.97 bits per heavy atom. The smallest absolute Gasteiger partial charge is 0.243 e. The van der Waals surface area contributed by atoms with Crippen molar-refractivity contribution in [3.63, 3.8) is 0 Å². The first-order valence-corrected chi connectivity index (χ1v) is 10.8. The Balaban J connectivity index is 1.64. The second-order valence-electron chi connectivity index (χ2n) is 6.66. The van der Waals surface area contributed by atoms with Crippen molar-refractivity contribution in [3.05, 3.63) is 53.1 Å². The van der Waals surface area contributed by atoms with E-state index in [4.69, 9.17) is 21.6 Å². The van der Waals surface area contributed by atoms with E-state index >= 15 is 0 Å². The van der Waals surface area contributed by atoms with E-state index in [1.807, 2.05) is 6.07 Å². The third kappa shape index (κ3) is 4.70. The van der Waals surface area contributed by atoms with E-state index in [2.05, 4.69) is 5.32 Å². The van der Waals surface area contributed by atoms with Crippen molar-refractivity contribution >= 4 is 33.2 Å². The Kier molecular flexibility index (Phi) is 6.42. The van der Waals surface area contributed by atoms with Gasteiger partial charge < -0.3 is 10.1 Å². The molecule has 0 aliphatic carbocycles. The van der Waals surface area contributed by atoms with Crippen LogP contribution in [-0.2, 0) is 14.8 Å². The van der Waals surface area contributed by atoms with Crippen molar-refractivity contribution in [1.82, 2.24) is 4.31 Å². The van der Waals surface area contributed by atoms with E-state index in [1.165, 1.54) is 29.6 Å². The summed E-state index contributed by atoms with van der Waals surface area (Å²) in [5.41, 5.74) is 1.01. The van der Waals surface area contributed by atoms with Crippen LogP contribution in [0.15, 0.2) is 47.4 Å². The molecule has 9 heteroatoms. The molecule has 1 aliphatic heterocycles. The van der Waals surface area contributed by atoms with Crippen LogP contribution in [0.1, 0.15) is 18.4 Å². The highest BCUT2D eigenvalue weighted by Gasteiger charge is 2.32. The highest BCUT2D eigenvalue weighted by molar-refractivity contribution is 7.89. The molecule has 1 fully saturated rings. The summed E-state index contributed by atoms with van der Waals surface area (Å²) in [6.45, 7) is 0.477. The van der Waals surface area contributed by atoms with Gasteiger partial charge in [-0.05, 0) is 49.2 Å². The van der Waals surface area contributed by atoms with E-state index in [1.54, 1.807) is 24.3 Å². The maximum absolute atomic E-state index is 12.9. The number of hydrogen-bond donors (Lipinski definition) is 1. The van der Waals surface area contributed by atoms with Gasteiger partial charge in [-0.1, -0.05) is 17.7 Å². The lowest BCUT2D eigenvalue weighted by molar-refractivity contribution is -0.120. The molecule has 0 atom stereocenters. The first-order chi connectivity index (χ1) is 13.8. The molecule has 0 spiro atoms. The zero-order valence-corrected chi connectivity index (χ0v) is 17.3. The molecule has 0 unspecified atom stereocenters. The number of rotatable bonds is 5. The number of amides is 1. The van der Waals surface area contributed by atoms with Gasteiger partial charge in [0, 0.05) is 24.7 Å². The topological polar surface area (TPSA) is 99.5 Å². The molecule has 2 aromatic rings. The first kappa shape index (κ1) is 21.1. The van der Waals surface area contributed by atoms with Crippen LogP contribution < -0.4 is 10.1 Å². The number of nitriles is 1. The van der Waals surface area contributed by atoms with E-state index in [0.29, 0.717) is 29.8 Å². The van der Waals surface area contributed by atoms with Crippen LogP contribution in [0, 0.1) is 17.2 Å². The van der Waals surface area contributed by atoms with E-state index in [0.717, 1.165) is 0 Å².